The number of nitrogens with zero attached hydrogens (tertiary/aromatic N) is 1. The maximum Gasteiger partial charge on any atom is 0.237 e. The van der Waals surface area contributed by atoms with Gasteiger partial charge in [0.15, 0.2) is 0 Å². The summed E-state index contributed by atoms with van der Waals surface area (Å²) in [5, 5.41) is 6.13. The van der Waals surface area contributed by atoms with Crippen molar-refractivity contribution in [2.75, 3.05) is 27.2 Å². The Morgan fingerprint density at radius 1 is 1.53 bits per heavy atom. The molecule has 0 heterocycles. The summed E-state index contributed by atoms with van der Waals surface area (Å²) in [7, 11) is 3.95. The highest BCUT2D eigenvalue weighted by atomic mass is 16.2. The number of hydrogen-bond donors (Lipinski definition) is 2. The van der Waals surface area contributed by atoms with Gasteiger partial charge in [0.1, 0.15) is 0 Å². The summed E-state index contributed by atoms with van der Waals surface area (Å²) in [6, 6.07) is 0.452. The third kappa shape index (κ3) is 4.62. The fourth-order valence-corrected chi connectivity index (χ4v) is 1.45. The van der Waals surface area contributed by atoms with Gasteiger partial charge in [0.2, 0.25) is 5.91 Å². The molecule has 1 unspecified atom stereocenters. The lowest BCUT2D eigenvalue weighted by Crippen LogP contribution is -2.44. The number of amides is 1. The van der Waals surface area contributed by atoms with Crippen LogP contribution in [0.5, 0.6) is 0 Å². The Morgan fingerprint density at radius 2 is 2.20 bits per heavy atom. The average Bonchev–Trinajstić information content (AvgIpc) is 3.00. The van der Waals surface area contributed by atoms with Crippen LogP contribution in [0.15, 0.2) is 0 Å². The molecule has 15 heavy (non-hydrogen) atoms. The van der Waals surface area contributed by atoms with Crippen molar-refractivity contribution in [1.82, 2.24) is 15.5 Å². The number of carbonyl (C=O) groups excluding carboxylic acids is 1. The molecule has 1 amide bonds. The fourth-order valence-electron chi connectivity index (χ4n) is 1.45. The van der Waals surface area contributed by atoms with Gasteiger partial charge in [-0.15, -0.1) is 0 Å². The lowest BCUT2D eigenvalue weighted by molar-refractivity contribution is -0.125. The van der Waals surface area contributed by atoms with E-state index in [1.165, 1.54) is 0 Å². The van der Waals surface area contributed by atoms with E-state index in [0.29, 0.717) is 6.04 Å². The van der Waals surface area contributed by atoms with Crippen molar-refractivity contribution in [3.05, 3.63) is 0 Å². The van der Waals surface area contributed by atoms with Gasteiger partial charge >= 0.3 is 0 Å². The topological polar surface area (TPSA) is 44.4 Å². The standard InChI is InChI=1S/C11H23N3O/c1-9(11(15)13-10-5-6-10)14(3)8-4-7-12-2/h9-10,12H,4-8H2,1-3H3,(H,13,15). The first-order valence-corrected chi connectivity index (χ1v) is 5.80. The third-order valence-corrected chi connectivity index (χ3v) is 2.90. The molecule has 0 aliphatic heterocycles. The van der Waals surface area contributed by atoms with Gasteiger partial charge in [0, 0.05) is 6.04 Å². The first kappa shape index (κ1) is 12.5. The first-order chi connectivity index (χ1) is 7.15. The Kier molecular flexibility index (Phi) is 5.05. The van der Waals surface area contributed by atoms with Crippen LogP contribution in [0.2, 0.25) is 0 Å². The number of nitrogens with one attached hydrogen (secondary N) is 2. The van der Waals surface area contributed by atoms with Gasteiger partial charge in [-0.1, -0.05) is 0 Å². The second-order valence-electron chi connectivity index (χ2n) is 4.40. The van der Waals surface area contributed by atoms with Crippen molar-refractivity contribution >= 4 is 5.91 Å². The second-order valence-corrected chi connectivity index (χ2v) is 4.40. The first-order valence-electron chi connectivity index (χ1n) is 5.80. The highest BCUT2D eigenvalue weighted by Crippen LogP contribution is 2.18. The van der Waals surface area contributed by atoms with Crippen LogP contribution in [0, 0.1) is 0 Å². The quantitative estimate of drug-likeness (QED) is 0.594. The summed E-state index contributed by atoms with van der Waals surface area (Å²) in [6.45, 7) is 3.93. The van der Waals surface area contributed by atoms with Crippen molar-refractivity contribution in [1.29, 1.82) is 0 Å². The van der Waals surface area contributed by atoms with Gasteiger partial charge in [-0.05, 0) is 53.4 Å². The molecule has 2 N–H and O–H groups in total. The van der Waals surface area contributed by atoms with Crippen LogP contribution in [0.3, 0.4) is 0 Å². The van der Waals surface area contributed by atoms with Crippen molar-refractivity contribution in [2.45, 2.75) is 38.3 Å². The number of hydrogen-bond acceptors (Lipinski definition) is 3. The predicted octanol–water partition coefficient (Wildman–Crippen LogP) is 0.195. The smallest absolute Gasteiger partial charge is 0.237 e. The lowest BCUT2D eigenvalue weighted by Gasteiger charge is -2.23. The second kappa shape index (κ2) is 6.08. The molecule has 0 aromatic heterocycles. The molecule has 1 rings (SSSR count). The van der Waals surface area contributed by atoms with E-state index in [2.05, 4.69) is 15.5 Å². The lowest BCUT2D eigenvalue weighted by atomic mass is 10.2. The largest absolute Gasteiger partial charge is 0.352 e. The molecule has 0 radical (unpaired) electrons. The van der Waals surface area contributed by atoms with E-state index in [4.69, 9.17) is 0 Å². The summed E-state index contributed by atoms with van der Waals surface area (Å²) in [5.74, 6) is 0.171. The average molecular weight is 213 g/mol. The van der Waals surface area contributed by atoms with Gasteiger partial charge in [0.25, 0.3) is 0 Å². The molecule has 0 aromatic carbocycles. The monoisotopic (exact) mass is 213 g/mol. The van der Waals surface area contributed by atoms with Crippen LogP contribution in [0.25, 0.3) is 0 Å². The minimum Gasteiger partial charge on any atom is -0.352 e. The van der Waals surface area contributed by atoms with Crippen molar-refractivity contribution in [3.8, 4) is 0 Å². The van der Waals surface area contributed by atoms with Gasteiger partial charge in [-0.2, -0.15) is 0 Å². The zero-order valence-electron chi connectivity index (χ0n) is 10.0. The molecule has 4 nitrogen and oxygen atoms in total. The van der Waals surface area contributed by atoms with E-state index in [9.17, 15) is 4.79 Å². The van der Waals surface area contributed by atoms with Crippen LogP contribution >= 0.6 is 0 Å². The van der Waals surface area contributed by atoms with Crippen LogP contribution < -0.4 is 10.6 Å². The molecule has 0 aromatic rings. The van der Waals surface area contributed by atoms with Crippen LogP contribution in [-0.4, -0.2) is 50.1 Å². The van der Waals surface area contributed by atoms with Crippen molar-refractivity contribution < 1.29 is 4.79 Å². The molecule has 0 bridgehead atoms. The molecular formula is C11H23N3O. The molecule has 0 saturated heterocycles. The zero-order valence-corrected chi connectivity index (χ0v) is 10.0. The van der Waals surface area contributed by atoms with E-state index in [0.717, 1.165) is 32.4 Å². The molecule has 0 spiro atoms. The summed E-state index contributed by atoms with van der Waals surface area (Å²) >= 11 is 0. The van der Waals surface area contributed by atoms with Gasteiger partial charge in [-0.3, -0.25) is 9.69 Å². The van der Waals surface area contributed by atoms with Gasteiger partial charge < -0.3 is 10.6 Å². The van der Waals surface area contributed by atoms with Crippen molar-refractivity contribution in [3.63, 3.8) is 0 Å². The minimum atomic E-state index is -0.0116. The Morgan fingerprint density at radius 3 is 2.73 bits per heavy atom. The zero-order chi connectivity index (χ0) is 11.3. The molecule has 4 heteroatoms. The molecule has 1 atom stereocenters. The molecular weight excluding hydrogens is 190 g/mol. The summed E-state index contributed by atoms with van der Waals surface area (Å²) in [5.41, 5.74) is 0. The normalized spacial score (nSPS) is 17.9. The number of likely N-dealkylation sites (N-methyl/N-ethyl adjacent to an activating group) is 1. The Balaban J connectivity index is 2.17. The highest BCUT2D eigenvalue weighted by Gasteiger charge is 2.26. The summed E-state index contributed by atoms with van der Waals surface area (Å²) in [6.07, 6.45) is 3.39. The van der Waals surface area contributed by atoms with E-state index < -0.39 is 0 Å². The van der Waals surface area contributed by atoms with Crippen molar-refractivity contribution in [2.24, 2.45) is 0 Å². The predicted molar refractivity (Wildman–Crippen MR) is 61.8 cm³/mol. The SMILES string of the molecule is CNCCCN(C)C(C)C(=O)NC1CC1. The molecule has 1 aliphatic rings. The molecule has 1 aliphatic carbocycles. The fraction of sp³-hybridized carbons (Fsp3) is 0.909. The van der Waals surface area contributed by atoms with E-state index >= 15 is 0 Å². The van der Waals surface area contributed by atoms with Gasteiger partial charge in [-0.25, -0.2) is 0 Å². The Labute approximate surface area is 92.4 Å². The highest BCUT2D eigenvalue weighted by molar-refractivity contribution is 5.81. The summed E-state index contributed by atoms with van der Waals surface area (Å²) < 4.78 is 0. The maximum absolute atomic E-state index is 11.7. The number of rotatable bonds is 7. The van der Waals surface area contributed by atoms with Gasteiger partial charge in [0.05, 0.1) is 6.04 Å². The van der Waals surface area contributed by atoms with Crippen LogP contribution in [0.1, 0.15) is 26.2 Å². The number of carbonyl (C=O) groups is 1. The molecule has 88 valence electrons. The van der Waals surface area contributed by atoms with E-state index in [-0.39, 0.29) is 11.9 Å². The van der Waals surface area contributed by atoms with E-state index in [1.54, 1.807) is 0 Å². The Hall–Kier alpha value is -0.610. The van der Waals surface area contributed by atoms with Crippen LogP contribution in [0.4, 0.5) is 0 Å². The summed E-state index contributed by atoms with van der Waals surface area (Å²) in [4.78, 5) is 13.8. The maximum atomic E-state index is 11.7. The van der Waals surface area contributed by atoms with Crippen LogP contribution in [-0.2, 0) is 4.79 Å². The minimum absolute atomic E-state index is 0.0116. The Bertz CT molecular complexity index is 204. The third-order valence-electron chi connectivity index (χ3n) is 2.90. The molecule has 1 saturated carbocycles. The molecule has 1 fully saturated rings. The van der Waals surface area contributed by atoms with E-state index in [1.807, 2.05) is 21.0 Å².